The lowest BCUT2D eigenvalue weighted by atomic mass is 9.98. The lowest BCUT2D eigenvalue weighted by Crippen LogP contribution is -2.45. The Labute approximate surface area is 166 Å². The minimum absolute atomic E-state index is 0. The van der Waals surface area contributed by atoms with Crippen molar-refractivity contribution in [1.29, 1.82) is 0 Å². The first-order chi connectivity index (χ1) is 11.4. The molecule has 1 aliphatic rings. The molecule has 1 aromatic heterocycles. The number of nitrogen functional groups attached to an aromatic ring is 1. The fraction of sp³-hybridized carbons (Fsp3) is 0.444. The van der Waals surface area contributed by atoms with Crippen LogP contribution >= 0.6 is 24.8 Å². The molecule has 8 heteroatoms. The van der Waals surface area contributed by atoms with Crippen molar-refractivity contribution in [2.45, 2.75) is 39.7 Å². The second-order valence-electron chi connectivity index (χ2n) is 6.48. The van der Waals surface area contributed by atoms with Crippen molar-refractivity contribution >= 4 is 47.8 Å². The van der Waals surface area contributed by atoms with Crippen molar-refractivity contribution in [3.8, 4) is 0 Å². The Hall–Kier alpha value is -1.92. The van der Waals surface area contributed by atoms with Crippen LogP contribution in [0.2, 0.25) is 0 Å². The number of aromatic nitrogens is 2. The molecule has 0 aliphatic carbocycles. The molecule has 3 rings (SSSR count). The first kappa shape index (κ1) is 22.1. The summed E-state index contributed by atoms with van der Waals surface area (Å²) in [5, 5.41) is 7.40. The van der Waals surface area contributed by atoms with Gasteiger partial charge in [0.1, 0.15) is 6.04 Å². The normalized spacial score (nSPS) is 13.9. The van der Waals surface area contributed by atoms with Crippen LogP contribution in [0.1, 0.15) is 30.3 Å². The van der Waals surface area contributed by atoms with Gasteiger partial charge in [-0.05, 0) is 51.3 Å². The summed E-state index contributed by atoms with van der Waals surface area (Å²) in [6.07, 6.45) is 1.97. The first-order valence-corrected chi connectivity index (χ1v) is 8.35. The number of anilines is 3. The van der Waals surface area contributed by atoms with Gasteiger partial charge in [0.2, 0.25) is 5.91 Å². The number of nitrogens with zero attached hydrogens (tertiary/aromatic N) is 3. The quantitative estimate of drug-likeness (QED) is 0.776. The van der Waals surface area contributed by atoms with Crippen LogP contribution < -0.4 is 16.0 Å². The summed E-state index contributed by atoms with van der Waals surface area (Å²) >= 11 is 0. The Morgan fingerprint density at radius 1 is 1.31 bits per heavy atom. The number of nitrogens with one attached hydrogen (secondary N) is 1. The average Bonchev–Trinajstić information content (AvgIpc) is 2.80. The minimum Gasteiger partial charge on any atom is -0.398 e. The van der Waals surface area contributed by atoms with E-state index in [0.29, 0.717) is 0 Å². The maximum absolute atomic E-state index is 12.8. The smallest absolute Gasteiger partial charge is 0.246 e. The molecule has 3 N–H and O–H groups in total. The number of benzene rings is 1. The van der Waals surface area contributed by atoms with E-state index in [4.69, 9.17) is 5.73 Å². The topological polar surface area (TPSA) is 76.2 Å². The second kappa shape index (κ2) is 8.64. The van der Waals surface area contributed by atoms with Crippen LogP contribution in [0.5, 0.6) is 0 Å². The molecule has 26 heavy (non-hydrogen) atoms. The van der Waals surface area contributed by atoms with E-state index in [9.17, 15) is 4.79 Å². The fourth-order valence-corrected chi connectivity index (χ4v) is 3.41. The second-order valence-corrected chi connectivity index (χ2v) is 6.48. The van der Waals surface area contributed by atoms with Gasteiger partial charge in [-0.25, -0.2) is 0 Å². The molecule has 0 bridgehead atoms. The van der Waals surface area contributed by atoms with Gasteiger partial charge in [-0.1, -0.05) is 6.07 Å². The largest absolute Gasteiger partial charge is 0.398 e. The Morgan fingerprint density at radius 3 is 2.62 bits per heavy atom. The maximum atomic E-state index is 12.8. The standard InChI is InChI=1S/C18H25N5O.2ClH/c1-11-17(12(2)22(4)21-11)20-18(24)13(3)23-10-6-7-14-15(19)8-5-9-16(14)23;;/h5,8-9,13H,6-7,10,19H2,1-4H3,(H,20,24);2*1H. The third-order valence-corrected chi connectivity index (χ3v) is 4.93. The summed E-state index contributed by atoms with van der Waals surface area (Å²) in [5.74, 6) is -0.0236. The number of nitrogens with two attached hydrogens (primary N) is 1. The van der Waals surface area contributed by atoms with Gasteiger partial charge in [0, 0.05) is 25.0 Å². The van der Waals surface area contributed by atoms with Crippen LogP contribution in [0.25, 0.3) is 0 Å². The molecule has 0 fully saturated rings. The highest BCUT2D eigenvalue weighted by atomic mass is 35.5. The number of hydrogen-bond donors (Lipinski definition) is 2. The summed E-state index contributed by atoms with van der Waals surface area (Å²) < 4.78 is 1.78. The van der Waals surface area contributed by atoms with Crippen molar-refractivity contribution in [3.05, 3.63) is 35.2 Å². The highest BCUT2D eigenvalue weighted by molar-refractivity contribution is 5.97. The van der Waals surface area contributed by atoms with Crippen LogP contribution in [-0.2, 0) is 18.3 Å². The minimum atomic E-state index is -0.273. The molecule has 1 unspecified atom stereocenters. The SMILES string of the molecule is Cc1nn(C)c(C)c1NC(=O)C(C)N1CCCc2c(N)cccc21.Cl.Cl. The fourth-order valence-electron chi connectivity index (χ4n) is 3.41. The van der Waals surface area contributed by atoms with E-state index in [1.165, 1.54) is 0 Å². The van der Waals surface area contributed by atoms with E-state index in [1.54, 1.807) is 4.68 Å². The molecule has 0 saturated carbocycles. The van der Waals surface area contributed by atoms with Gasteiger partial charge >= 0.3 is 0 Å². The Bertz CT molecular complexity index is 790. The van der Waals surface area contributed by atoms with E-state index < -0.39 is 0 Å². The number of rotatable bonds is 3. The van der Waals surface area contributed by atoms with Gasteiger partial charge in [-0.2, -0.15) is 5.10 Å². The summed E-state index contributed by atoms with van der Waals surface area (Å²) in [7, 11) is 1.88. The maximum Gasteiger partial charge on any atom is 0.246 e. The molecule has 6 nitrogen and oxygen atoms in total. The predicted octanol–water partition coefficient (Wildman–Crippen LogP) is 3.24. The van der Waals surface area contributed by atoms with E-state index in [2.05, 4.69) is 21.4 Å². The number of carbonyl (C=O) groups excluding carboxylic acids is 1. The highest BCUT2D eigenvalue weighted by Crippen LogP contribution is 2.32. The van der Waals surface area contributed by atoms with Crippen molar-refractivity contribution in [1.82, 2.24) is 9.78 Å². The molecule has 2 aromatic rings. The van der Waals surface area contributed by atoms with Crippen LogP contribution in [-0.4, -0.2) is 28.3 Å². The molecule has 1 aliphatic heterocycles. The van der Waals surface area contributed by atoms with Gasteiger partial charge in [-0.3, -0.25) is 9.48 Å². The molecule has 144 valence electrons. The molecular formula is C18H27Cl2N5O. The van der Waals surface area contributed by atoms with Gasteiger partial charge in [0.25, 0.3) is 0 Å². The van der Waals surface area contributed by atoms with Crippen LogP contribution in [0.15, 0.2) is 18.2 Å². The van der Waals surface area contributed by atoms with Crippen molar-refractivity contribution in [2.75, 3.05) is 22.5 Å². The Kier molecular flexibility index (Phi) is 7.35. The summed E-state index contributed by atoms with van der Waals surface area (Å²) in [4.78, 5) is 14.9. The number of hydrogen-bond acceptors (Lipinski definition) is 4. The van der Waals surface area contributed by atoms with Gasteiger partial charge in [-0.15, -0.1) is 24.8 Å². The predicted molar refractivity (Wildman–Crippen MR) is 112 cm³/mol. The van der Waals surface area contributed by atoms with Crippen molar-refractivity contribution in [2.24, 2.45) is 7.05 Å². The van der Waals surface area contributed by atoms with Gasteiger partial charge in [0.15, 0.2) is 0 Å². The van der Waals surface area contributed by atoms with Gasteiger partial charge in [0.05, 0.1) is 17.1 Å². The molecule has 1 amide bonds. The zero-order valence-corrected chi connectivity index (χ0v) is 17.2. The van der Waals surface area contributed by atoms with Gasteiger partial charge < -0.3 is 16.0 Å². The van der Waals surface area contributed by atoms with Crippen LogP contribution in [0.4, 0.5) is 17.1 Å². The molecule has 0 radical (unpaired) electrons. The average molecular weight is 400 g/mol. The molecule has 1 aromatic carbocycles. The molecular weight excluding hydrogens is 373 g/mol. The lowest BCUT2D eigenvalue weighted by molar-refractivity contribution is -0.117. The number of aryl methyl sites for hydroxylation is 2. The zero-order chi connectivity index (χ0) is 17.4. The summed E-state index contributed by atoms with van der Waals surface area (Å²) in [5.41, 5.74) is 11.7. The molecule has 1 atom stereocenters. The number of carbonyl (C=O) groups is 1. The third-order valence-electron chi connectivity index (χ3n) is 4.93. The highest BCUT2D eigenvalue weighted by Gasteiger charge is 2.27. The Balaban J connectivity index is 0.00000169. The van der Waals surface area contributed by atoms with E-state index in [-0.39, 0.29) is 36.8 Å². The number of fused-ring (bicyclic) bond motifs is 1. The summed E-state index contributed by atoms with van der Waals surface area (Å²) in [6, 6.07) is 5.65. The van der Waals surface area contributed by atoms with Crippen LogP contribution in [0, 0.1) is 13.8 Å². The monoisotopic (exact) mass is 399 g/mol. The van der Waals surface area contributed by atoms with Crippen LogP contribution in [0.3, 0.4) is 0 Å². The lowest BCUT2D eigenvalue weighted by Gasteiger charge is -2.36. The van der Waals surface area contributed by atoms with Crippen molar-refractivity contribution < 1.29 is 4.79 Å². The molecule has 0 saturated heterocycles. The Morgan fingerprint density at radius 2 is 2.00 bits per heavy atom. The third kappa shape index (κ3) is 3.91. The molecule has 2 heterocycles. The van der Waals surface area contributed by atoms with E-state index >= 15 is 0 Å². The van der Waals surface area contributed by atoms with E-state index in [1.807, 2.05) is 40.0 Å². The molecule has 0 spiro atoms. The number of halogens is 2. The first-order valence-electron chi connectivity index (χ1n) is 8.35. The zero-order valence-electron chi connectivity index (χ0n) is 15.6. The number of amides is 1. The van der Waals surface area contributed by atoms with E-state index in [0.717, 1.165) is 53.4 Å². The van der Waals surface area contributed by atoms with Crippen molar-refractivity contribution in [3.63, 3.8) is 0 Å². The summed E-state index contributed by atoms with van der Waals surface area (Å²) in [6.45, 7) is 6.66.